The lowest BCUT2D eigenvalue weighted by Crippen LogP contribution is -2.32. The van der Waals surface area contributed by atoms with E-state index in [4.69, 9.17) is 9.47 Å². The van der Waals surface area contributed by atoms with Crippen LogP contribution in [0.25, 0.3) is 0 Å². The van der Waals surface area contributed by atoms with Gasteiger partial charge in [-0.15, -0.1) is 0 Å². The number of carbonyl (C=O) groups is 1. The van der Waals surface area contributed by atoms with Crippen LogP contribution in [0.3, 0.4) is 0 Å². The number of aliphatic carboxylic acids is 1. The van der Waals surface area contributed by atoms with Crippen LogP contribution in [0.4, 0.5) is 0 Å². The number of para-hydroxylation sites is 1. The van der Waals surface area contributed by atoms with Crippen molar-refractivity contribution in [2.45, 2.75) is 38.2 Å². The highest BCUT2D eigenvalue weighted by Gasteiger charge is 2.33. The van der Waals surface area contributed by atoms with Crippen molar-refractivity contribution < 1.29 is 19.4 Å². The summed E-state index contributed by atoms with van der Waals surface area (Å²) in [6.45, 7) is 0. The molecule has 1 aromatic rings. The third-order valence-corrected chi connectivity index (χ3v) is 4.52. The molecule has 0 aliphatic heterocycles. The molecule has 4 heteroatoms. The molecule has 3 unspecified atom stereocenters. The number of hydrogen-bond acceptors (Lipinski definition) is 3. The Labute approximate surface area is 126 Å². The molecule has 116 valence electrons. The van der Waals surface area contributed by atoms with Crippen molar-refractivity contribution in [2.24, 2.45) is 11.8 Å². The number of methoxy groups -OCH3 is 2. The number of hydrogen-bond donors (Lipinski definition) is 1. The predicted octanol–water partition coefficient (Wildman–Crippen LogP) is 3.14. The molecular formula is C17H24O4. The van der Waals surface area contributed by atoms with E-state index in [1.807, 2.05) is 24.3 Å². The van der Waals surface area contributed by atoms with Gasteiger partial charge < -0.3 is 14.6 Å². The number of carboxylic acids is 1. The Kier molecular flexibility index (Phi) is 5.62. The van der Waals surface area contributed by atoms with Crippen molar-refractivity contribution >= 4 is 5.97 Å². The maximum absolute atomic E-state index is 11.7. The second-order valence-electron chi connectivity index (χ2n) is 5.75. The number of carboxylic acid groups (broad SMARTS) is 1. The molecule has 1 saturated carbocycles. The second-order valence-corrected chi connectivity index (χ2v) is 5.75. The summed E-state index contributed by atoms with van der Waals surface area (Å²) in [5.74, 6) is -0.157. The minimum atomic E-state index is -0.720. The molecular weight excluding hydrogens is 268 g/mol. The molecule has 3 atom stereocenters. The van der Waals surface area contributed by atoms with Crippen LogP contribution >= 0.6 is 0 Å². The Morgan fingerprint density at radius 2 is 2.10 bits per heavy atom. The fourth-order valence-corrected chi connectivity index (χ4v) is 3.32. The average Bonchev–Trinajstić information content (AvgIpc) is 2.52. The molecule has 0 aromatic heterocycles. The highest BCUT2D eigenvalue weighted by atomic mass is 16.5. The van der Waals surface area contributed by atoms with E-state index in [1.54, 1.807) is 14.2 Å². The topological polar surface area (TPSA) is 55.8 Å². The van der Waals surface area contributed by atoms with Crippen molar-refractivity contribution in [3.05, 3.63) is 29.8 Å². The Bertz CT molecular complexity index is 472. The van der Waals surface area contributed by atoms with Gasteiger partial charge in [0, 0.05) is 7.11 Å². The van der Waals surface area contributed by atoms with Crippen molar-refractivity contribution in [1.82, 2.24) is 0 Å². The maximum Gasteiger partial charge on any atom is 0.307 e. The quantitative estimate of drug-likeness (QED) is 0.875. The van der Waals surface area contributed by atoms with Crippen LogP contribution in [0.15, 0.2) is 24.3 Å². The predicted molar refractivity (Wildman–Crippen MR) is 80.6 cm³/mol. The fraction of sp³-hybridized carbons (Fsp3) is 0.588. The van der Waals surface area contributed by atoms with E-state index in [9.17, 15) is 9.90 Å². The van der Waals surface area contributed by atoms with Gasteiger partial charge in [0.25, 0.3) is 0 Å². The van der Waals surface area contributed by atoms with Crippen molar-refractivity contribution in [2.75, 3.05) is 14.2 Å². The monoisotopic (exact) mass is 292 g/mol. The van der Waals surface area contributed by atoms with Crippen molar-refractivity contribution in [3.63, 3.8) is 0 Å². The summed E-state index contributed by atoms with van der Waals surface area (Å²) in [5.41, 5.74) is 0.965. The lowest BCUT2D eigenvalue weighted by Gasteiger charge is -2.32. The first kappa shape index (κ1) is 15.8. The first-order chi connectivity index (χ1) is 10.2. The van der Waals surface area contributed by atoms with E-state index in [2.05, 4.69) is 0 Å². The number of ether oxygens (including phenoxy) is 2. The molecule has 1 fully saturated rings. The fourth-order valence-electron chi connectivity index (χ4n) is 3.32. The zero-order chi connectivity index (χ0) is 15.2. The Balaban J connectivity index is 2.14. The van der Waals surface area contributed by atoms with Gasteiger partial charge in [0.15, 0.2) is 0 Å². The van der Waals surface area contributed by atoms with E-state index in [0.29, 0.717) is 6.42 Å². The van der Waals surface area contributed by atoms with Gasteiger partial charge in [-0.25, -0.2) is 0 Å². The van der Waals surface area contributed by atoms with Gasteiger partial charge in [-0.1, -0.05) is 24.6 Å². The summed E-state index contributed by atoms with van der Waals surface area (Å²) in [7, 11) is 3.33. The van der Waals surface area contributed by atoms with E-state index in [0.717, 1.165) is 37.0 Å². The summed E-state index contributed by atoms with van der Waals surface area (Å²) in [6, 6.07) is 7.66. The highest BCUT2D eigenvalue weighted by Crippen LogP contribution is 2.34. The standard InChI is InChI=1S/C17H24O4/c1-20-14-8-5-7-12(10-14)15(17(18)19)11-13-6-3-4-9-16(13)21-2/h3-4,6,9,12,14-15H,5,7-8,10-11H2,1-2H3,(H,18,19). The Morgan fingerprint density at radius 3 is 2.76 bits per heavy atom. The zero-order valence-corrected chi connectivity index (χ0v) is 12.7. The lowest BCUT2D eigenvalue weighted by molar-refractivity contribution is -0.144. The Hall–Kier alpha value is -1.55. The van der Waals surface area contributed by atoms with Gasteiger partial charge in [0.05, 0.1) is 19.1 Å². The zero-order valence-electron chi connectivity index (χ0n) is 12.7. The molecule has 1 aliphatic carbocycles. The van der Waals surface area contributed by atoms with Crippen LogP contribution in [-0.4, -0.2) is 31.4 Å². The lowest BCUT2D eigenvalue weighted by atomic mass is 9.76. The van der Waals surface area contributed by atoms with Gasteiger partial charge in [-0.05, 0) is 43.2 Å². The van der Waals surface area contributed by atoms with Crippen molar-refractivity contribution in [1.29, 1.82) is 0 Å². The number of benzene rings is 1. The molecule has 4 nitrogen and oxygen atoms in total. The summed E-state index contributed by atoms with van der Waals surface area (Å²) >= 11 is 0. The van der Waals surface area contributed by atoms with Crippen LogP contribution in [0.1, 0.15) is 31.2 Å². The molecule has 1 N–H and O–H groups in total. The first-order valence-corrected chi connectivity index (χ1v) is 7.53. The summed E-state index contributed by atoms with van der Waals surface area (Å²) in [4.78, 5) is 11.7. The molecule has 0 radical (unpaired) electrons. The van der Waals surface area contributed by atoms with E-state index in [1.165, 1.54) is 0 Å². The molecule has 0 bridgehead atoms. The van der Waals surface area contributed by atoms with Crippen LogP contribution < -0.4 is 4.74 Å². The summed E-state index contributed by atoms with van der Waals surface area (Å²) in [6.07, 6.45) is 4.59. The first-order valence-electron chi connectivity index (χ1n) is 7.53. The van der Waals surface area contributed by atoms with Crippen molar-refractivity contribution in [3.8, 4) is 5.75 Å². The molecule has 0 saturated heterocycles. The summed E-state index contributed by atoms with van der Waals surface area (Å²) < 4.78 is 10.8. The van der Waals surface area contributed by atoms with Gasteiger partial charge in [-0.2, -0.15) is 0 Å². The van der Waals surface area contributed by atoms with Crippen LogP contribution in [0, 0.1) is 11.8 Å². The van der Waals surface area contributed by atoms with Gasteiger partial charge in [0.1, 0.15) is 5.75 Å². The molecule has 0 amide bonds. The molecule has 1 aromatic carbocycles. The third kappa shape index (κ3) is 3.97. The molecule has 0 spiro atoms. The van der Waals surface area contributed by atoms with E-state index < -0.39 is 5.97 Å². The minimum Gasteiger partial charge on any atom is -0.496 e. The normalized spacial score (nSPS) is 23.5. The van der Waals surface area contributed by atoms with Crippen LogP contribution in [0.2, 0.25) is 0 Å². The molecule has 2 rings (SSSR count). The SMILES string of the molecule is COc1ccccc1CC(C(=O)O)C1CCCC(OC)C1. The smallest absolute Gasteiger partial charge is 0.307 e. The Morgan fingerprint density at radius 1 is 1.33 bits per heavy atom. The van der Waals surface area contributed by atoms with Crippen LogP contribution in [-0.2, 0) is 16.0 Å². The third-order valence-electron chi connectivity index (χ3n) is 4.52. The molecule has 0 heterocycles. The number of rotatable bonds is 6. The van der Waals surface area contributed by atoms with Gasteiger partial charge >= 0.3 is 5.97 Å². The molecule has 21 heavy (non-hydrogen) atoms. The maximum atomic E-state index is 11.7. The van der Waals surface area contributed by atoms with Gasteiger partial charge in [0.2, 0.25) is 0 Å². The summed E-state index contributed by atoms with van der Waals surface area (Å²) in [5, 5.41) is 9.63. The molecule has 1 aliphatic rings. The highest BCUT2D eigenvalue weighted by molar-refractivity contribution is 5.71. The van der Waals surface area contributed by atoms with E-state index >= 15 is 0 Å². The largest absolute Gasteiger partial charge is 0.496 e. The van der Waals surface area contributed by atoms with Crippen LogP contribution in [0.5, 0.6) is 5.75 Å². The van der Waals surface area contributed by atoms with Gasteiger partial charge in [-0.3, -0.25) is 4.79 Å². The second kappa shape index (κ2) is 7.46. The minimum absolute atomic E-state index is 0.172. The van der Waals surface area contributed by atoms with E-state index in [-0.39, 0.29) is 17.9 Å². The average molecular weight is 292 g/mol.